The molecule has 0 spiro atoms. The maximum atomic E-state index is 11.9. The molecule has 1 aliphatic rings. The summed E-state index contributed by atoms with van der Waals surface area (Å²) in [4.78, 5) is 25.9. The highest BCUT2D eigenvalue weighted by molar-refractivity contribution is 6.42. The lowest BCUT2D eigenvalue weighted by Crippen LogP contribution is -2.47. The fraction of sp³-hybridized carbons (Fsp3) is 0.467. The van der Waals surface area contributed by atoms with Crippen molar-refractivity contribution in [3.63, 3.8) is 0 Å². The molecular formula is C15H20Cl2N4O2. The zero-order valence-corrected chi connectivity index (χ0v) is 14.2. The van der Waals surface area contributed by atoms with Gasteiger partial charge in [-0.15, -0.1) is 0 Å². The second kappa shape index (κ2) is 9.08. The van der Waals surface area contributed by atoms with E-state index in [1.165, 1.54) is 6.07 Å². The van der Waals surface area contributed by atoms with Crippen molar-refractivity contribution in [3.8, 4) is 0 Å². The SMILES string of the molecule is O=C(CNC(=O)c1ccc(Cl)c(Cl)c1)NCCN1CCNCC1. The Kier molecular flexibility index (Phi) is 7.11. The standard InChI is InChI=1S/C15H20Cl2N4O2/c16-12-2-1-11(9-13(12)17)15(23)20-10-14(22)19-5-8-21-6-3-18-4-7-21/h1-2,9,18H,3-8,10H2,(H,19,22)(H,20,23). The minimum atomic E-state index is -0.360. The van der Waals surface area contributed by atoms with Gasteiger partial charge in [0.15, 0.2) is 0 Å². The van der Waals surface area contributed by atoms with Crippen molar-refractivity contribution in [2.24, 2.45) is 0 Å². The molecule has 1 heterocycles. The van der Waals surface area contributed by atoms with Crippen molar-refractivity contribution in [2.45, 2.75) is 0 Å². The Labute approximate surface area is 145 Å². The van der Waals surface area contributed by atoms with E-state index in [0.717, 1.165) is 32.7 Å². The second-order valence-corrected chi connectivity index (χ2v) is 6.07. The first-order valence-electron chi connectivity index (χ1n) is 7.49. The number of benzene rings is 1. The van der Waals surface area contributed by atoms with Crippen LogP contribution in [0.1, 0.15) is 10.4 Å². The third kappa shape index (κ3) is 5.99. The van der Waals surface area contributed by atoms with Crippen molar-refractivity contribution in [3.05, 3.63) is 33.8 Å². The molecule has 0 atom stereocenters. The van der Waals surface area contributed by atoms with Crippen LogP contribution in [-0.4, -0.2) is 62.5 Å². The van der Waals surface area contributed by atoms with Gasteiger partial charge >= 0.3 is 0 Å². The highest BCUT2D eigenvalue weighted by Gasteiger charge is 2.11. The van der Waals surface area contributed by atoms with E-state index in [2.05, 4.69) is 20.9 Å². The minimum Gasteiger partial charge on any atom is -0.353 e. The van der Waals surface area contributed by atoms with Crippen LogP contribution in [0.25, 0.3) is 0 Å². The van der Waals surface area contributed by atoms with Crippen LogP contribution in [0.4, 0.5) is 0 Å². The summed E-state index contributed by atoms with van der Waals surface area (Å²) in [7, 11) is 0. The predicted octanol–water partition coefficient (Wildman–Crippen LogP) is 0.745. The number of nitrogens with one attached hydrogen (secondary N) is 3. The van der Waals surface area contributed by atoms with Crippen LogP contribution in [0.2, 0.25) is 10.0 Å². The van der Waals surface area contributed by atoms with E-state index in [9.17, 15) is 9.59 Å². The van der Waals surface area contributed by atoms with Gasteiger partial charge in [-0.05, 0) is 18.2 Å². The van der Waals surface area contributed by atoms with Crippen molar-refractivity contribution in [2.75, 3.05) is 45.8 Å². The molecule has 23 heavy (non-hydrogen) atoms. The molecule has 1 fully saturated rings. The summed E-state index contributed by atoms with van der Waals surface area (Å²) in [6.07, 6.45) is 0. The fourth-order valence-corrected chi connectivity index (χ4v) is 2.55. The molecule has 1 aromatic rings. The van der Waals surface area contributed by atoms with Gasteiger partial charge in [0, 0.05) is 44.8 Å². The molecule has 0 saturated carbocycles. The summed E-state index contributed by atoms with van der Waals surface area (Å²) in [6.45, 7) is 5.26. The second-order valence-electron chi connectivity index (χ2n) is 5.25. The van der Waals surface area contributed by atoms with E-state index in [1.807, 2.05) is 0 Å². The van der Waals surface area contributed by atoms with Crippen molar-refractivity contribution in [1.29, 1.82) is 0 Å². The number of rotatable bonds is 6. The largest absolute Gasteiger partial charge is 0.353 e. The van der Waals surface area contributed by atoms with Gasteiger partial charge in [-0.25, -0.2) is 0 Å². The van der Waals surface area contributed by atoms with E-state index < -0.39 is 0 Å². The molecule has 8 heteroatoms. The molecule has 3 N–H and O–H groups in total. The Bertz CT molecular complexity index is 562. The molecule has 6 nitrogen and oxygen atoms in total. The molecule has 1 aromatic carbocycles. The number of hydrogen-bond donors (Lipinski definition) is 3. The smallest absolute Gasteiger partial charge is 0.251 e. The van der Waals surface area contributed by atoms with Gasteiger partial charge in [-0.1, -0.05) is 23.2 Å². The minimum absolute atomic E-state index is 0.0688. The van der Waals surface area contributed by atoms with Crippen LogP contribution in [0.15, 0.2) is 18.2 Å². The number of halogens is 2. The Morgan fingerprint density at radius 2 is 1.87 bits per heavy atom. The Morgan fingerprint density at radius 1 is 1.13 bits per heavy atom. The molecular weight excluding hydrogens is 339 g/mol. The lowest BCUT2D eigenvalue weighted by molar-refractivity contribution is -0.120. The van der Waals surface area contributed by atoms with E-state index >= 15 is 0 Å². The maximum Gasteiger partial charge on any atom is 0.251 e. The fourth-order valence-electron chi connectivity index (χ4n) is 2.25. The number of carbonyl (C=O) groups excluding carboxylic acids is 2. The van der Waals surface area contributed by atoms with Gasteiger partial charge < -0.3 is 16.0 Å². The molecule has 0 radical (unpaired) electrons. The topological polar surface area (TPSA) is 73.5 Å². The maximum absolute atomic E-state index is 11.9. The lowest BCUT2D eigenvalue weighted by atomic mass is 10.2. The molecule has 0 unspecified atom stereocenters. The van der Waals surface area contributed by atoms with E-state index in [4.69, 9.17) is 23.2 Å². The van der Waals surface area contributed by atoms with Gasteiger partial charge in [-0.2, -0.15) is 0 Å². The first-order valence-corrected chi connectivity index (χ1v) is 8.25. The molecule has 2 rings (SSSR count). The van der Waals surface area contributed by atoms with Crippen LogP contribution >= 0.6 is 23.2 Å². The highest BCUT2D eigenvalue weighted by Crippen LogP contribution is 2.22. The van der Waals surface area contributed by atoms with Gasteiger partial charge in [0.2, 0.25) is 5.91 Å². The normalized spacial score (nSPS) is 15.2. The van der Waals surface area contributed by atoms with E-state index in [0.29, 0.717) is 22.2 Å². The molecule has 126 valence electrons. The quantitative estimate of drug-likeness (QED) is 0.701. The molecule has 0 bridgehead atoms. The number of carbonyl (C=O) groups is 2. The van der Waals surface area contributed by atoms with Crippen molar-refractivity contribution >= 4 is 35.0 Å². The first-order chi connectivity index (χ1) is 11.1. The van der Waals surface area contributed by atoms with Gasteiger partial charge in [0.25, 0.3) is 5.91 Å². The predicted molar refractivity (Wildman–Crippen MR) is 91.1 cm³/mol. The van der Waals surface area contributed by atoms with Crippen molar-refractivity contribution < 1.29 is 9.59 Å². The number of amides is 2. The van der Waals surface area contributed by atoms with Crippen LogP contribution in [0.5, 0.6) is 0 Å². The molecule has 1 saturated heterocycles. The summed E-state index contributed by atoms with van der Waals surface area (Å²) >= 11 is 11.7. The summed E-state index contributed by atoms with van der Waals surface area (Å²) < 4.78 is 0. The molecule has 0 aromatic heterocycles. The summed E-state index contributed by atoms with van der Waals surface area (Å²) in [5.41, 5.74) is 0.369. The van der Waals surface area contributed by atoms with E-state index in [-0.39, 0.29) is 18.4 Å². The summed E-state index contributed by atoms with van der Waals surface area (Å²) in [6, 6.07) is 4.58. The van der Waals surface area contributed by atoms with Crippen LogP contribution in [-0.2, 0) is 4.79 Å². The third-order valence-electron chi connectivity index (χ3n) is 3.55. The monoisotopic (exact) mass is 358 g/mol. The van der Waals surface area contributed by atoms with E-state index in [1.54, 1.807) is 12.1 Å². The van der Waals surface area contributed by atoms with Crippen molar-refractivity contribution in [1.82, 2.24) is 20.9 Å². The summed E-state index contributed by atoms with van der Waals surface area (Å²) in [5, 5.41) is 9.32. The number of nitrogens with zero attached hydrogens (tertiary/aromatic N) is 1. The lowest BCUT2D eigenvalue weighted by Gasteiger charge is -2.27. The van der Waals surface area contributed by atoms with Gasteiger partial charge in [0.05, 0.1) is 16.6 Å². The molecule has 0 aliphatic carbocycles. The number of piperazine rings is 1. The Balaban J connectivity index is 1.67. The Morgan fingerprint density at radius 3 is 2.57 bits per heavy atom. The first kappa shape index (κ1) is 18.0. The van der Waals surface area contributed by atoms with Crippen LogP contribution in [0.3, 0.4) is 0 Å². The highest BCUT2D eigenvalue weighted by atomic mass is 35.5. The van der Waals surface area contributed by atoms with Gasteiger partial charge in [-0.3, -0.25) is 14.5 Å². The molecule has 1 aliphatic heterocycles. The third-order valence-corrected chi connectivity index (χ3v) is 4.29. The van der Waals surface area contributed by atoms with Gasteiger partial charge in [0.1, 0.15) is 0 Å². The van der Waals surface area contributed by atoms with Crippen LogP contribution in [0, 0.1) is 0 Å². The average Bonchev–Trinajstić information content (AvgIpc) is 2.56. The zero-order valence-electron chi connectivity index (χ0n) is 12.7. The number of hydrogen-bond acceptors (Lipinski definition) is 4. The van der Waals surface area contributed by atoms with Crippen LogP contribution < -0.4 is 16.0 Å². The average molecular weight is 359 g/mol. The molecule has 2 amide bonds. The summed E-state index contributed by atoms with van der Waals surface area (Å²) in [5.74, 6) is -0.575. The zero-order chi connectivity index (χ0) is 16.7. The Hall–Kier alpha value is -1.34.